The Bertz CT molecular complexity index is 862. The van der Waals surface area contributed by atoms with Crippen molar-refractivity contribution >= 4 is 22.5 Å². The summed E-state index contributed by atoms with van der Waals surface area (Å²) in [5, 5.41) is 4.28. The first-order valence-electron chi connectivity index (χ1n) is 8.67. The van der Waals surface area contributed by atoms with Crippen LogP contribution in [-0.4, -0.2) is 31.1 Å². The molecule has 25 heavy (non-hydrogen) atoms. The van der Waals surface area contributed by atoms with E-state index in [4.69, 9.17) is 0 Å². The maximum Gasteiger partial charge on any atom is 0.251 e. The Kier molecular flexibility index (Phi) is 5.08. The number of hydrogen-bond donors (Lipinski definition) is 1. The number of nitrogens with zero attached hydrogens (tertiary/aromatic N) is 2. The summed E-state index contributed by atoms with van der Waals surface area (Å²) in [4.78, 5) is 14.3. The van der Waals surface area contributed by atoms with E-state index in [2.05, 4.69) is 47.1 Å². The first-order valence-corrected chi connectivity index (χ1v) is 8.67. The molecule has 130 valence electrons. The molecular formula is C21H25N3O. The van der Waals surface area contributed by atoms with E-state index < -0.39 is 0 Å². The molecule has 3 aromatic rings. The van der Waals surface area contributed by atoms with Gasteiger partial charge in [-0.3, -0.25) is 4.79 Å². The summed E-state index contributed by atoms with van der Waals surface area (Å²) in [6.45, 7) is 3.70. The number of fused-ring (bicyclic) bond motifs is 1. The summed E-state index contributed by atoms with van der Waals surface area (Å²) in [5.41, 5.74) is 4.30. The van der Waals surface area contributed by atoms with E-state index in [0.717, 1.165) is 18.7 Å². The predicted octanol–water partition coefficient (Wildman–Crippen LogP) is 3.84. The quantitative estimate of drug-likeness (QED) is 0.695. The third-order valence-corrected chi connectivity index (χ3v) is 4.51. The molecule has 0 unspecified atom stereocenters. The summed E-state index contributed by atoms with van der Waals surface area (Å²) in [7, 11) is 3.98. The van der Waals surface area contributed by atoms with Gasteiger partial charge in [-0.2, -0.15) is 0 Å². The van der Waals surface area contributed by atoms with Crippen LogP contribution in [0.3, 0.4) is 0 Å². The molecule has 0 fully saturated rings. The monoisotopic (exact) mass is 335 g/mol. The van der Waals surface area contributed by atoms with Gasteiger partial charge in [0.15, 0.2) is 0 Å². The minimum atomic E-state index is -0.0145. The molecule has 0 spiro atoms. The van der Waals surface area contributed by atoms with Crippen molar-refractivity contribution in [1.29, 1.82) is 0 Å². The SMILES string of the molecule is Cc1cc2ccccc2n1CCCNC(=O)c1ccc(N(C)C)cc1. The first kappa shape index (κ1) is 17.1. The standard InChI is InChI=1S/C21H25N3O/c1-16-15-18-7-4-5-8-20(18)24(16)14-6-13-22-21(25)17-9-11-19(12-10-17)23(2)3/h4-5,7-12,15H,6,13-14H2,1-3H3,(H,22,25). The van der Waals surface area contributed by atoms with E-state index in [1.54, 1.807) is 0 Å². The molecule has 0 aliphatic rings. The minimum absolute atomic E-state index is 0.0145. The number of carbonyl (C=O) groups is 1. The summed E-state index contributed by atoms with van der Waals surface area (Å²) < 4.78 is 2.31. The molecular weight excluding hydrogens is 310 g/mol. The van der Waals surface area contributed by atoms with E-state index in [9.17, 15) is 4.79 Å². The number of benzene rings is 2. The fourth-order valence-corrected chi connectivity index (χ4v) is 3.10. The fraction of sp³-hybridized carbons (Fsp3) is 0.286. The van der Waals surface area contributed by atoms with Crippen LogP contribution < -0.4 is 10.2 Å². The molecule has 3 rings (SSSR count). The van der Waals surface area contributed by atoms with Crippen molar-refractivity contribution in [2.45, 2.75) is 19.9 Å². The second-order valence-electron chi connectivity index (χ2n) is 6.55. The summed E-state index contributed by atoms with van der Waals surface area (Å²) in [6.07, 6.45) is 0.904. The van der Waals surface area contributed by atoms with Gasteiger partial charge < -0.3 is 14.8 Å². The number of aryl methyl sites for hydroxylation is 2. The second-order valence-corrected chi connectivity index (χ2v) is 6.55. The van der Waals surface area contributed by atoms with Gasteiger partial charge in [-0.15, -0.1) is 0 Å². The lowest BCUT2D eigenvalue weighted by molar-refractivity contribution is 0.0953. The van der Waals surface area contributed by atoms with Gasteiger partial charge in [0.2, 0.25) is 0 Å². The van der Waals surface area contributed by atoms with E-state index in [-0.39, 0.29) is 5.91 Å². The highest BCUT2D eigenvalue weighted by Crippen LogP contribution is 2.19. The zero-order chi connectivity index (χ0) is 17.8. The van der Waals surface area contributed by atoms with E-state index >= 15 is 0 Å². The highest BCUT2D eigenvalue weighted by molar-refractivity contribution is 5.94. The molecule has 1 N–H and O–H groups in total. The van der Waals surface area contributed by atoms with Crippen molar-refractivity contribution in [3.63, 3.8) is 0 Å². The van der Waals surface area contributed by atoms with Crippen molar-refractivity contribution < 1.29 is 4.79 Å². The lowest BCUT2D eigenvalue weighted by Gasteiger charge is -2.13. The molecule has 4 heteroatoms. The number of anilines is 1. The van der Waals surface area contributed by atoms with Gasteiger partial charge in [0, 0.05) is 49.6 Å². The molecule has 4 nitrogen and oxygen atoms in total. The van der Waals surface area contributed by atoms with Gasteiger partial charge in [0.25, 0.3) is 5.91 Å². The molecule has 1 aromatic heterocycles. The predicted molar refractivity (Wildman–Crippen MR) is 104 cm³/mol. The molecule has 0 saturated carbocycles. The lowest BCUT2D eigenvalue weighted by atomic mass is 10.2. The molecule has 0 aliphatic carbocycles. The maximum atomic E-state index is 12.2. The average Bonchev–Trinajstić information content (AvgIpc) is 2.94. The van der Waals surface area contributed by atoms with Crippen LogP contribution in [0, 0.1) is 6.92 Å². The van der Waals surface area contributed by atoms with Crippen LogP contribution >= 0.6 is 0 Å². The molecule has 1 heterocycles. The number of para-hydroxylation sites is 1. The van der Waals surface area contributed by atoms with Crippen LogP contribution in [0.2, 0.25) is 0 Å². The zero-order valence-corrected chi connectivity index (χ0v) is 15.1. The van der Waals surface area contributed by atoms with Gasteiger partial charge in [-0.25, -0.2) is 0 Å². The zero-order valence-electron chi connectivity index (χ0n) is 15.1. The number of rotatable bonds is 6. The summed E-state index contributed by atoms with van der Waals surface area (Å²) in [5.74, 6) is -0.0145. The van der Waals surface area contributed by atoms with Crippen LogP contribution in [0.1, 0.15) is 22.5 Å². The Labute approximate surface area is 149 Å². The Hall–Kier alpha value is -2.75. The summed E-state index contributed by atoms with van der Waals surface area (Å²) in [6, 6.07) is 18.3. The van der Waals surface area contributed by atoms with Gasteiger partial charge in [-0.05, 0) is 55.1 Å². The smallest absolute Gasteiger partial charge is 0.251 e. The van der Waals surface area contributed by atoms with E-state index in [1.165, 1.54) is 16.6 Å². The Morgan fingerprint density at radius 1 is 1.08 bits per heavy atom. The van der Waals surface area contributed by atoms with Crippen LogP contribution in [-0.2, 0) is 6.54 Å². The molecule has 0 bridgehead atoms. The largest absolute Gasteiger partial charge is 0.378 e. The number of aromatic nitrogens is 1. The van der Waals surface area contributed by atoms with Crippen molar-refractivity contribution in [3.8, 4) is 0 Å². The molecule has 1 amide bonds. The van der Waals surface area contributed by atoms with E-state index in [0.29, 0.717) is 12.1 Å². The van der Waals surface area contributed by atoms with Gasteiger partial charge in [0.05, 0.1) is 0 Å². The van der Waals surface area contributed by atoms with Crippen LogP contribution in [0.4, 0.5) is 5.69 Å². The van der Waals surface area contributed by atoms with Crippen LogP contribution in [0.25, 0.3) is 10.9 Å². The Balaban J connectivity index is 1.54. The van der Waals surface area contributed by atoms with E-state index in [1.807, 2.05) is 43.3 Å². The van der Waals surface area contributed by atoms with Crippen molar-refractivity contribution in [2.75, 3.05) is 25.5 Å². The van der Waals surface area contributed by atoms with Gasteiger partial charge in [0.1, 0.15) is 0 Å². The first-order chi connectivity index (χ1) is 12.1. The number of hydrogen-bond acceptors (Lipinski definition) is 2. The Morgan fingerprint density at radius 2 is 1.80 bits per heavy atom. The molecule has 0 aliphatic heterocycles. The average molecular weight is 335 g/mol. The minimum Gasteiger partial charge on any atom is -0.378 e. The van der Waals surface area contributed by atoms with Crippen LogP contribution in [0.15, 0.2) is 54.6 Å². The third kappa shape index (κ3) is 3.85. The highest BCUT2D eigenvalue weighted by atomic mass is 16.1. The van der Waals surface area contributed by atoms with Gasteiger partial charge >= 0.3 is 0 Å². The topological polar surface area (TPSA) is 37.3 Å². The lowest BCUT2D eigenvalue weighted by Crippen LogP contribution is -2.25. The molecule has 0 radical (unpaired) electrons. The molecule has 0 saturated heterocycles. The second kappa shape index (κ2) is 7.43. The molecule has 0 atom stereocenters. The normalized spacial score (nSPS) is 10.8. The highest BCUT2D eigenvalue weighted by Gasteiger charge is 2.07. The number of carbonyl (C=O) groups excluding carboxylic acids is 1. The van der Waals surface area contributed by atoms with Crippen molar-refractivity contribution in [3.05, 3.63) is 65.9 Å². The number of amides is 1. The third-order valence-electron chi connectivity index (χ3n) is 4.51. The Morgan fingerprint density at radius 3 is 2.52 bits per heavy atom. The fourth-order valence-electron chi connectivity index (χ4n) is 3.10. The van der Waals surface area contributed by atoms with Crippen molar-refractivity contribution in [2.24, 2.45) is 0 Å². The maximum absolute atomic E-state index is 12.2. The van der Waals surface area contributed by atoms with Crippen LogP contribution in [0.5, 0.6) is 0 Å². The van der Waals surface area contributed by atoms with Gasteiger partial charge in [-0.1, -0.05) is 18.2 Å². The van der Waals surface area contributed by atoms with Crippen molar-refractivity contribution in [1.82, 2.24) is 9.88 Å². The summed E-state index contributed by atoms with van der Waals surface area (Å²) >= 11 is 0. The molecule has 2 aromatic carbocycles. The number of nitrogens with one attached hydrogen (secondary N) is 1.